The van der Waals surface area contributed by atoms with Crippen molar-refractivity contribution in [2.75, 3.05) is 20.3 Å². The lowest BCUT2D eigenvalue weighted by molar-refractivity contribution is 0.171. The number of furan rings is 1. The topological polar surface area (TPSA) is 43.6 Å². The molecule has 0 radical (unpaired) electrons. The fraction of sp³-hybridized carbons (Fsp3) is 0.286. The van der Waals surface area contributed by atoms with Gasteiger partial charge in [-0.05, 0) is 36.9 Å². The van der Waals surface area contributed by atoms with Gasteiger partial charge in [-0.2, -0.15) is 0 Å². The van der Waals surface area contributed by atoms with E-state index in [2.05, 4.69) is 21.2 Å². The van der Waals surface area contributed by atoms with Gasteiger partial charge in [-0.15, -0.1) is 0 Å². The fourth-order valence-electron chi connectivity index (χ4n) is 2.21. The van der Waals surface area contributed by atoms with E-state index in [0.29, 0.717) is 13.2 Å². The Labute approximate surface area is 119 Å². The first-order valence-corrected chi connectivity index (χ1v) is 6.88. The molecule has 0 saturated carbocycles. The average Bonchev–Trinajstić information content (AvgIpc) is 2.94. The first kappa shape index (κ1) is 12.6. The molecule has 1 unspecified atom stereocenters. The van der Waals surface area contributed by atoms with E-state index in [-0.39, 0.29) is 6.04 Å². The second kappa shape index (κ2) is 5.27. The highest BCUT2D eigenvalue weighted by atomic mass is 79.9. The first-order valence-electron chi connectivity index (χ1n) is 6.09. The monoisotopic (exact) mass is 323 g/mol. The Morgan fingerprint density at radius 1 is 1.21 bits per heavy atom. The van der Waals surface area contributed by atoms with Crippen LogP contribution in [0.15, 0.2) is 39.4 Å². The molecule has 1 N–H and O–H groups in total. The summed E-state index contributed by atoms with van der Waals surface area (Å²) in [6, 6.07) is 7.73. The van der Waals surface area contributed by atoms with E-state index in [1.54, 1.807) is 6.26 Å². The Morgan fingerprint density at radius 2 is 1.95 bits per heavy atom. The fourth-order valence-corrected chi connectivity index (χ4v) is 2.76. The quantitative estimate of drug-likeness (QED) is 0.942. The van der Waals surface area contributed by atoms with Crippen molar-refractivity contribution >= 4 is 15.9 Å². The Hall–Kier alpha value is -1.46. The molecular formula is C14H14BrNO3. The van der Waals surface area contributed by atoms with E-state index < -0.39 is 0 Å². The molecule has 5 heteroatoms. The highest BCUT2D eigenvalue weighted by molar-refractivity contribution is 9.10. The van der Waals surface area contributed by atoms with E-state index in [9.17, 15) is 0 Å². The number of halogens is 1. The molecule has 0 spiro atoms. The molecule has 0 bridgehead atoms. The molecule has 1 aliphatic rings. The van der Waals surface area contributed by atoms with Crippen molar-refractivity contribution in [3.63, 3.8) is 0 Å². The standard InChI is InChI=1S/C14H14BrNO3/c1-16-14(11-3-2-4-17-11)9-7-12-13(8-10(9)15)19-6-5-18-12/h2-4,7-8,14,16H,5-6H2,1H3. The van der Waals surface area contributed by atoms with E-state index in [4.69, 9.17) is 13.9 Å². The molecular weight excluding hydrogens is 310 g/mol. The Balaban J connectivity index is 2.04. The van der Waals surface area contributed by atoms with E-state index >= 15 is 0 Å². The van der Waals surface area contributed by atoms with Crippen LogP contribution in [0.1, 0.15) is 17.4 Å². The third-order valence-electron chi connectivity index (χ3n) is 3.09. The number of benzene rings is 1. The summed E-state index contributed by atoms with van der Waals surface area (Å²) in [5.74, 6) is 2.41. The van der Waals surface area contributed by atoms with Crippen LogP contribution in [0.2, 0.25) is 0 Å². The molecule has 19 heavy (non-hydrogen) atoms. The lowest BCUT2D eigenvalue weighted by Gasteiger charge is -2.22. The maximum Gasteiger partial charge on any atom is 0.162 e. The molecule has 0 aliphatic carbocycles. The molecule has 0 amide bonds. The number of nitrogens with one attached hydrogen (secondary N) is 1. The molecule has 0 saturated heterocycles. The summed E-state index contributed by atoms with van der Waals surface area (Å²) in [4.78, 5) is 0. The molecule has 3 rings (SSSR count). The van der Waals surface area contributed by atoms with Crippen LogP contribution < -0.4 is 14.8 Å². The normalized spacial score (nSPS) is 15.3. The van der Waals surface area contributed by atoms with Crippen LogP contribution in [0, 0.1) is 0 Å². The third-order valence-corrected chi connectivity index (χ3v) is 3.78. The SMILES string of the molecule is CNC(c1ccco1)c1cc2c(cc1Br)OCCO2. The lowest BCUT2D eigenvalue weighted by Crippen LogP contribution is -2.19. The zero-order valence-electron chi connectivity index (χ0n) is 10.5. The highest BCUT2D eigenvalue weighted by Crippen LogP contribution is 2.39. The second-order valence-electron chi connectivity index (χ2n) is 4.25. The molecule has 1 aromatic carbocycles. The van der Waals surface area contributed by atoms with Gasteiger partial charge >= 0.3 is 0 Å². The molecule has 2 aromatic rings. The Kier molecular flexibility index (Phi) is 3.48. The second-order valence-corrected chi connectivity index (χ2v) is 5.11. The van der Waals surface area contributed by atoms with E-state index in [1.165, 1.54) is 0 Å². The first-order chi connectivity index (χ1) is 9.29. The maximum absolute atomic E-state index is 5.63. The predicted molar refractivity (Wildman–Crippen MR) is 74.7 cm³/mol. The minimum absolute atomic E-state index is 0.0276. The maximum atomic E-state index is 5.63. The summed E-state index contributed by atoms with van der Waals surface area (Å²) in [5.41, 5.74) is 1.06. The van der Waals surface area contributed by atoms with Crippen LogP contribution in [0.4, 0.5) is 0 Å². The van der Waals surface area contributed by atoms with Crippen molar-refractivity contribution in [1.82, 2.24) is 5.32 Å². The van der Waals surface area contributed by atoms with Crippen molar-refractivity contribution in [3.8, 4) is 11.5 Å². The molecule has 0 fully saturated rings. The van der Waals surface area contributed by atoms with Gasteiger partial charge in [0.15, 0.2) is 11.5 Å². The number of hydrogen-bond donors (Lipinski definition) is 1. The largest absolute Gasteiger partial charge is 0.486 e. The summed E-state index contributed by atoms with van der Waals surface area (Å²) in [6.45, 7) is 1.17. The Bertz CT molecular complexity index is 568. The van der Waals surface area contributed by atoms with Gasteiger partial charge in [0.25, 0.3) is 0 Å². The van der Waals surface area contributed by atoms with Crippen LogP contribution in [0.5, 0.6) is 11.5 Å². The third kappa shape index (κ3) is 2.35. The molecule has 2 heterocycles. The van der Waals surface area contributed by atoms with Crippen molar-refractivity contribution < 1.29 is 13.9 Å². The van der Waals surface area contributed by atoms with Crippen molar-refractivity contribution in [1.29, 1.82) is 0 Å². The van der Waals surface area contributed by atoms with Gasteiger partial charge in [0, 0.05) is 4.47 Å². The summed E-state index contributed by atoms with van der Waals surface area (Å²) in [6.07, 6.45) is 1.67. The molecule has 1 aliphatic heterocycles. The number of fused-ring (bicyclic) bond motifs is 1. The molecule has 1 atom stereocenters. The minimum Gasteiger partial charge on any atom is -0.486 e. The number of rotatable bonds is 3. The highest BCUT2D eigenvalue weighted by Gasteiger charge is 2.22. The zero-order chi connectivity index (χ0) is 13.2. The van der Waals surface area contributed by atoms with E-state index in [0.717, 1.165) is 27.3 Å². The molecule has 100 valence electrons. The number of ether oxygens (including phenoxy) is 2. The predicted octanol–water partition coefficient (Wildman–Crippen LogP) is 3.12. The molecule has 1 aromatic heterocycles. The van der Waals surface area contributed by atoms with Crippen molar-refractivity contribution in [3.05, 3.63) is 46.3 Å². The van der Waals surface area contributed by atoms with Crippen molar-refractivity contribution in [2.45, 2.75) is 6.04 Å². The van der Waals surface area contributed by atoms with Crippen LogP contribution in [0.3, 0.4) is 0 Å². The van der Waals surface area contributed by atoms with Gasteiger partial charge in [-0.1, -0.05) is 15.9 Å². The minimum atomic E-state index is -0.0276. The van der Waals surface area contributed by atoms with Gasteiger partial charge < -0.3 is 19.2 Å². The van der Waals surface area contributed by atoms with Gasteiger partial charge in [0.1, 0.15) is 19.0 Å². The summed E-state index contributed by atoms with van der Waals surface area (Å²) >= 11 is 3.59. The van der Waals surface area contributed by atoms with Gasteiger partial charge in [0.05, 0.1) is 12.3 Å². The Morgan fingerprint density at radius 3 is 2.58 bits per heavy atom. The summed E-state index contributed by atoms with van der Waals surface area (Å²) < 4.78 is 17.6. The van der Waals surface area contributed by atoms with E-state index in [1.807, 2.05) is 31.3 Å². The lowest BCUT2D eigenvalue weighted by atomic mass is 10.0. The smallest absolute Gasteiger partial charge is 0.162 e. The molecule has 4 nitrogen and oxygen atoms in total. The van der Waals surface area contributed by atoms with Crippen LogP contribution in [0.25, 0.3) is 0 Å². The zero-order valence-corrected chi connectivity index (χ0v) is 12.1. The van der Waals surface area contributed by atoms with Crippen LogP contribution in [-0.2, 0) is 0 Å². The van der Waals surface area contributed by atoms with Crippen LogP contribution >= 0.6 is 15.9 Å². The van der Waals surface area contributed by atoms with Gasteiger partial charge in [0.2, 0.25) is 0 Å². The summed E-state index contributed by atoms with van der Waals surface area (Å²) in [7, 11) is 1.90. The van der Waals surface area contributed by atoms with Crippen molar-refractivity contribution in [2.24, 2.45) is 0 Å². The summed E-state index contributed by atoms with van der Waals surface area (Å²) in [5, 5.41) is 3.25. The number of hydrogen-bond acceptors (Lipinski definition) is 4. The van der Waals surface area contributed by atoms with Gasteiger partial charge in [-0.25, -0.2) is 0 Å². The van der Waals surface area contributed by atoms with Gasteiger partial charge in [-0.3, -0.25) is 0 Å². The van der Waals surface area contributed by atoms with Crippen LogP contribution in [-0.4, -0.2) is 20.3 Å². The average molecular weight is 324 g/mol.